The highest BCUT2D eigenvalue weighted by atomic mass is 16.1. The molecule has 1 aromatic carbocycles. The molecule has 90 valence electrons. The zero-order valence-electron chi connectivity index (χ0n) is 10.7. The fourth-order valence-electron chi connectivity index (χ4n) is 1.61. The largest absolute Gasteiger partial charge is 0.342 e. The van der Waals surface area contributed by atoms with Gasteiger partial charge in [0.1, 0.15) is 0 Å². The Labute approximate surface area is 103 Å². The molecule has 0 heterocycles. The molecule has 0 aromatic heterocycles. The van der Waals surface area contributed by atoms with Gasteiger partial charge in [-0.2, -0.15) is 0 Å². The topological polar surface area (TPSA) is 29.1 Å². The second-order valence-electron chi connectivity index (χ2n) is 4.29. The minimum atomic E-state index is -0.158. The van der Waals surface area contributed by atoms with Gasteiger partial charge in [0, 0.05) is 0 Å². The average Bonchev–Trinajstić information content (AvgIpc) is 2.31. The van der Waals surface area contributed by atoms with Gasteiger partial charge in [0.25, 0.3) is 0 Å². The average molecular weight is 229 g/mol. The summed E-state index contributed by atoms with van der Waals surface area (Å²) in [5, 5.41) is 2.82. The predicted molar refractivity (Wildman–Crippen MR) is 70.7 cm³/mol. The summed E-state index contributed by atoms with van der Waals surface area (Å²) in [5.41, 5.74) is 3.47. The number of terminal acetylenes is 1. The highest BCUT2D eigenvalue weighted by Gasteiger charge is 2.08. The van der Waals surface area contributed by atoms with Crippen molar-refractivity contribution in [3.05, 3.63) is 34.9 Å². The fourth-order valence-corrected chi connectivity index (χ4v) is 1.61. The molecule has 0 fully saturated rings. The fraction of sp³-hybridized carbons (Fsp3) is 0.400. The third-order valence-corrected chi connectivity index (χ3v) is 2.88. The lowest BCUT2D eigenvalue weighted by molar-refractivity contribution is -0.120. The number of hydrogen-bond donors (Lipinski definition) is 1. The first-order valence-corrected chi connectivity index (χ1v) is 5.88. The van der Waals surface area contributed by atoms with Crippen LogP contribution in [0.25, 0.3) is 0 Å². The summed E-state index contributed by atoms with van der Waals surface area (Å²) in [6.45, 7) is 6.07. The first kappa shape index (κ1) is 13.3. The molecule has 0 aliphatic carbocycles. The van der Waals surface area contributed by atoms with Crippen LogP contribution in [0.4, 0.5) is 0 Å². The maximum absolute atomic E-state index is 11.7. The summed E-state index contributed by atoms with van der Waals surface area (Å²) in [5.74, 6) is 2.54. The van der Waals surface area contributed by atoms with E-state index in [4.69, 9.17) is 6.42 Å². The maximum atomic E-state index is 11.7. The Kier molecular flexibility index (Phi) is 4.78. The Morgan fingerprint density at radius 3 is 2.65 bits per heavy atom. The number of nitrogens with one attached hydrogen (secondary N) is 1. The van der Waals surface area contributed by atoms with Crippen molar-refractivity contribution in [1.29, 1.82) is 0 Å². The zero-order chi connectivity index (χ0) is 12.8. The van der Waals surface area contributed by atoms with Gasteiger partial charge in [0.2, 0.25) is 5.91 Å². The van der Waals surface area contributed by atoms with Crippen LogP contribution in [0.2, 0.25) is 0 Å². The van der Waals surface area contributed by atoms with Crippen molar-refractivity contribution in [1.82, 2.24) is 5.32 Å². The summed E-state index contributed by atoms with van der Waals surface area (Å²) in [6, 6.07) is 5.91. The molecule has 0 aliphatic rings. The lowest BCUT2D eigenvalue weighted by atomic mass is 10.0. The van der Waals surface area contributed by atoms with Gasteiger partial charge in [-0.25, -0.2) is 0 Å². The molecule has 1 rings (SSSR count). The van der Waals surface area contributed by atoms with E-state index in [9.17, 15) is 4.79 Å². The molecule has 0 aliphatic heterocycles. The van der Waals surface area contributed by atoms with Crippen LogP contribution in [0, 0.1) is 26.2 Å². The van der Waals surface area contributed by atoms with E-state index in [2.05, 4.69) is 18.2 Å². The van der Waals surface area contributed by atoms with Crippen molar-refractivity contribution >= 4 is 5.91 Å². The molecule has 0 spiro atoms. The first-order valence-electron chi connectivity index (χ1n) is 5.88. The summed E-state index contributed by atoms with van der Waals surface area (Å²) < 4.78 is 0. The molecule has 1 N–H and O–H groups in total. The van der Waals surface area contributed by atoms with Crippen LogP contribution >= 0.6 is 0 Å². The van der Waals surface area contributed by atoms with Crippen LogP contribution in [-0.4, -0.2) is 11.9 Å². The van der Waals surface area contributed by atoms with Gasteiger partial charge in [-0.05, 0) is 37.0 Å². The van der Waals surface area contributed by atoms with E-state index in [1.165, 1.54) is 11.1 Å². The molecule has 1 aromatic rings. The third-order valence-electron chi connectivity index (χ3n) is 2.88. The van der Waals surface area contributed by atoms with Gasteiger partial charge in [-0.1, -0.05) is 31.0 Å². The SMILES string of the molecule is C#CC(CC)NC(=O)Cc1ccc(C)c(C)c1. The van der Waals surface area contributed by atoms with E-state index >= 15 is 0 Å². The summed E-state index contributed by atoms with van der Waals surface area (Å²) in [6.07, 6.45) is 6.45. The second-order valence-corrected chi connectivity index (χ2v) is 4.29. The van der Waals surface area contributed by atoms with Crippen LogP contribution in [0.1, 0.15) is 30.0 Å². The van der Waals surface area contributed by atoms with Gasteiger partial charge in [-0.15, -0.1) is 6.42 Å². The molecular formula is C15H19NO. The molecular weight excluding hydrogens is 210 g/mol. The molecule has 0 saturated carbocycles. The standard InChI is InChI=1S/C15H19NO/c1-5-14(6-2)16-15(17)10-13-8-7-11(3)12(4)9-13/h1,7-9,14H,6,10H2,2-4H3,(H,16,17). The number of benzene rings is 1. The van der Waals surface area contributed by atoms with Crippen molar-refractivity contribution in [2.24, 2.45) is 0 Å². The van der Waals surface area contributed by atoms with E-state index in [0.717, 1.165) is 12.0 Å². The summed E-state index contributed by atoms with van der Waals surface area (Å²) in [4.78, 5) is 11.7. The second kappa shape index (κ2) is 6.10. The van der Waals surface area contributed by atoms with Gasteiger partial charge in [0.05, 0.1) is 12.5 Å². The highest BCUT2D eigenvalue weighted by Crippen LogP contribution is 2.10. The van der Waals surface area contributed by atoms with Crippen molar-refractivity contribution in [2.45, 2.75) is 39.7 Å². The Morgan fingerprint density at radius 2 is 2.12 bits per heavy atom. The van der Waals surface area contributed by atoms with Crippen molar-refractivity contribution in [3.63, 3.8) is 0 Å². The minimum absolute atomic E-state index is 0.0157. The molecule has 2 nitrogen and oxygen atoms in total. The normalized spacial score (nSPS) is 11.6. The molecule has 0 saturated heterocycles. The van der Waals surface area contributed by atoms with Crippen molar-refractivity contribution < 1.29 is 4.79 Å². The zero-order valence-corrected chi connectivity index (χ0v) is 10.7. The van der Waals surface area contributed by atoms with Gasteiger partial charge in [-0.3, -0.25) is 4.79 Å². The molecule has 1 atom stereocenters. The van der Waals surface area contributed by atoms with E-state index < -0.39 is 0 Å². The first-order chi connectivity index (χ1) is 8.06. The van der Waals surface area contributed by atoms with Crippen molar-refractivity contribution in [3.8, 4) is 12.3 Å². The molecule has 2 heteroatoms. The number of carbonyl (C=O) groups is 1. The lowest BCUT2D eigenvalue weighted by Crippen LogP contribution is -2.34. The number of amides is 1. The van der Waals surface area contributed by atoms with Crippen molar-refractivity contribution in [2.75, 3.05) is 0 Å². The van der Waals surface area contributed by atoms with Gasteiger partial charge >= 0.3 is 0 Å². The maximum Gasteiger partial charge on any atom is 0.225 e. The Bertz CT molecular complexity index is 443. The number of carbonyl (C=O) groups excluding carboxylic acids is 1. The highest BCUT2D eigenvalue weighted by molar-refractivity contribution is 5.79. The van der Waals surface area contributed by atoms with E-state index in [-0.39, 0.29) is 11.9 Å². The van der Waals surface area contributed by atoms with E-state index in [1.807, 2.05) is 32.0 Å². The third kappa shape index (κ3) is 3.96. The molecule has 0 radical (unpaired) electrons. The number of hydrogen-bond acceptors (Lipinski definition) is 1. The minimum Gasteiger partial charge on any atom is -0.342 e. The van der Waals surface area contributed by atoms with Crippen LogP contribution < -0.4 is 5.32 Å². The molecule has 17 heavy (non-hydrogen) atoms. The Hall–Kier alpha value is -1.75. The summed E-state index contributed by atoms with van der Waals surface area (Å²) >= 11 is 0. The van der Waals surface area contributed by atoms with Gasteiger partial charge < -0.3 is 5.32 Å². The molecule has 1 unspecified atom stereocenters. The number of aryl methyl sites for hydroxylation is 2. The lowest BCUT2D eigenvalue weighted by Gasteiger charge is -2.11. The number of rotatable bonds is 4. The monoisotopic (exact) mass is 229 g/mol. The Balaban J connectivity index is 2.62. The van der Waals surface area contributed by atoms with Gasteiger partial charge in [0.15, 0.2) is 0 Å². The van der Waals surface area contributed by atoms with Crippen LogP contribution in [0.15, 0.2) is 18.2 Å². The summed E-state index contributed by atoms with van der Waals surface area (Å²) in [7, 11) is 0. The quantitative estimate of drug-likeness (QED) is 0.789. The van der Waals surface area contributed by atoms with Crippen LogP contribution in [-0.2, 0) is 11.2 Å². The molecule has 1 amide bonds. The van der Waals surface area contributed by atoms with Crippen LogP contribution in [0.5, 0.6) is 0 Å². The molecule has 0 bridgehead atoms. The smallest absolute Gasteiger partial charge is 0.225 e. The predicted octanol–water partition coefficient (Wildman–Crippen LogP) is 2.37. The van der Waals surface area contributed by atoms with E-state index in [1.54, 1.807) is 0 Å². The Morgan fingerprint density at radius 1 is 1.41 bits per heavy atom. The van der Waals surface area contributed by atoms with Crippen LogP contribution in [0.3, 0.4) is 0 Å². The van der Waals surface area contributed by atoms with E-state index in [0.29, 0.717) is 6.42 Å².